The number of hydrogen-bond donors (Lipinski definition) is 2. The number of benzene rings is 2. The summed E-state index contributed by atoms with van der Waals surface area (Å²) in [6.45, 7) is 1.79. The van der Waals surface area contributed by atoms with Crippen molar-refractivity contribution in [1.29, 1.82) is 0 Å². The molecule has 0 saturated heterocycles. The van der Waals surface area contributed by atoms with Gasteiger partial charge in [0.1, 0.15) is 5.75 Å². The minimum Gasteiger partial charge on any atom is -0.508 e. The van der Waals surface area contributed by atoms with Gasteiger partial charge in [0.15, 0.2) is 0 Å². The van der Waals surface area contributed by atoms with E-state index in [1.54, 1.807) is 25.1 Å². The standard InChI is InChI=1S/C15H14BrNO2/c1-10-7-13(5-6-14(10)18)17-15(19)9-11-3-2-4-12(16)8-11/h2-8,18H,9H2,1H3,(H,17,19). The highest BCUT2D eigenvalue weighted by Crippen LogP contribution is 2.20. The number of phenols is 1. The molecule has 0 spiro atoms. The molecule has 0 aliphatic heterocycles. The van der Waals surface area contributed by atoms with Gasteiger partial charge in [-0.05, 0) is 48.4 Å². The van der Waals surface area contributed by atoms with E-state index in [9.17, 15) is 9.90 Å². The fraction of sp³-hybridized carbons (Fsp3) is 0.133. The summed E-state index contributed by atoms with van der Waals surface area (Å²) in [4.78, 5) is 11.9. The lowest BCUT2D eigenvalue weighted by Crippen LogP contribution is -2.14. The lowest BCUT2D eigenvalue weighted by Gasteiger charge is -2.07. The van der Waals surface area contributed by atoms with E-state index in [2.05, 4.69) is 21.2 Å². The molecule has 1 amide bonds. The van der Waals surface area contributed by atoms with Crippen molar-refractivity contribution < 1.29 is 9.90 Å². The van der Waals surface area contributed by atoms with Crippen LogP contribution in [0, 0.1) is 6.92 Å². The minimum absolute atomic E-state index is 0.0804. The number of hydrogen-bond acceptors (Lipinski definition) is 2. The van der Waals surface area contributed by atoms with Crippen LogP contribution in [0.5, 0.6) is 5.75 Å². The SMILES string of the molecule is Cc1cc(NC(=O)Cc2cccc(Br)c2)ccc1O. The van der Waals surface area contributed by atoms with E-state index in [1.165, 1.54) is 0 Å². The van der Waals surface area contributed by atoms with E-state index >= 15 is 0 Å². The second-order valence-corrected chi connectivity index (χ2v) is 5.27. The van der Waals surface area contributed by atoms with Crippen LogP contribution in [0.15, 0.2) is 46.9 Å². The van der Waals surface area contributed by atoms with E-state index in [1.807, 2.05) is 24.3 Å². The van der Waals surface area contributed by atoms with Gasteiger partial charge in [-0.2, -0.15) is 0 Å². The lowest BCUT2D eigenvalue weighted by atomic mass is 10.1. The van der Waals surface area contributed by atoms with Crippen LogP contribution < -0.4 is 5.32 Å². The number of carbonyl (C=O) groups excluding carboxylic acids is 1. The van der Waals surface area contributed by atoms with Crippen molar-refractivity contribution in [2.24, 2.45) is 0 Å². The average molecular weight is 320 g/mol. The number of nitrogens with one attached hydrogen (secondary N) is 1. The van der Waals surface area contributed by atoms with Crippen LogP contribution in [0.25, 0.3) is 0 Å². The highest BCUT2D eigenvalue weighted by molar-refractivity contribution is 9.10. The fourth-order valence-corrected chi connectivity index (χ4v) is 2.22. The Balaban J connectivity index is 2.03. The molecule has 0 aromatic heterocycles. The summed E-state index contributed by atoms with van der Waals surface area (Å²) in [6, 6.07) is 12.6. The zero-order valence-corrected chi connectivity index (χ0v) is 12.1. The normalized spacial score (nSPS) is 10.2. The Bertz CT molecular complexity index is 611. The van der Waals surface area contributed by atoms with Crippen LogP contribution in [0.4, 0.5) is 5.69 Å². The largest absolute Gasteiger partial charge is 0.508 e. The fourth-order valence-electron chi connectivity index (χ4n) is 1.77. The molecule has 2 aromatic rings. The van der Waals surface area contributed by atoms with Crippen LogP contribution in [-0.4, -0.2) is 11.0 Å². The number of phenolic OH excluding ortho intramolecular Hbond substituents is 1. The number of halogens is 1. The first-order valence-corrected chi connectivity index (χ1v) is 6.68. The molecule has 0 bridgehead atoms. The van der Waals surface area contributed by atoms with Crippen LogP contribution in [0.3, 0.4) is 0 Å². The molecule has 4 heteroatoms. The molecular formula is C15H14BrNO2. The average Bonchev–Trinajstić information content (AvgIpc) is 2.34. The summed E-state index contributed by atoms with van der Waals surface area (Å²) in [5.74, 6) is 0.146. The van der Waals surface area contributed by atoms with E-state index in [4.69, 9.17) is 0 Å². The number of amides is 1. The Morgan fingerprint density at radius 3 is 2.74 bits per heavy atom. The van der Waals surface area contributed by atoms with Crippen molar-refractivity contribution >= 4 is 27.5 Å². The monoisotopic (exact) mass is 319 g/mol. The maximum absolute atomic E-state index is 11.9. The summed E-state index contributed by atoms with van der Waals surface area (Å²) in [7, 11) is 0. The third-order valence-corrected chi connectivity index (χ3v) is 3.23. The molecule has 3 nitrogen and oxygen atoms in total. The Kier molecular flexibility index (Phi) is 4.22. The summed E-state index contributed by atoms with van der Waals surface area (Å²) in [6.07, 6.45) is 0.319. The van der Waals surface area contributed by atoms with Gasteiger partial charge in [0.2, 0.25) is 5.91 Å². The number of anilines is 1. The predicted molar refractivity (Wildman–Crippen MR) is 79.3 cm³/mol. The molecule has 2 N–H and O–H groups in total. The van der Waals surface area contributed by atoms with E-state index < -0.39 is 0 Å². The maximum atomic E-state index is 11.9. The van der Waals surface area contributed by atoms with Crippen molar-refractivity contribution in [3.05, 3.63) is 58.1 Å². The second-order valence-electron chi connectivity index (χ2n) is 4.36. The zero-order chi connectivity index (χ0) is 13.8. The van der Waals surface area contributed by atoms with Gasteiger partial charge >= 0.3 is 0 Å². The molecule has 2 rings (SSSR count). The molecule has 2 aromatic carbocycles. The van der Waals surface area contributed by atoms with E-state index in [-0.39, 0.29) is 11.7 Å². The maximum Gasteiger partial charge on any atom is 0.228 e. The van der Waals surface area contributed by atoms with Crippen LogP contribution in [0.1, 0.15) is 11.1 Å². The molecule has 0 fully saturated rings. The third-order valence-electron chi connectivity index (χ3n) is 2.73. The molecule has 0 aliphatic carbocycles. The van der Waals surface area contributed by atoms with Crippen LogP contribution >= 0.6 is 15.9 Å². The van der Waals surface area contributed by atoms with Crippen LogP contribution in [0.2, 0.25) is 0 Å². The first kappa shape index (κ1) is 13.6. The highest BCUT2D eigenvalue weighted by Gasteiger charge is 2.05. The Hall–Kier alpha value is -1.81. The Labute approximate surface area is 120 Å². The van der Waals surface area contributed by atoms with E-state index in [0.717, 1.165) is 15.6 Å². The van der Waals surface area contributed by atoms with Gasteiger partial charge in [-0.1, -0.05) is 28.1 Å². The predicted octanol–water partition coefficient (Wildman–Crippen LogP) is 3.64. The summed E-state index contributed by atoms with van der Waals surface area (Å²) in [5, 5.41) is 12.2. The first-order valence-electron chi connectivity index (χ1n) is 5.88. The molecule has 0 radical (unpaired) electrons. The number of aromatic hydroxyl groups is 1. The first-order chi connectivity index (χ1) is 9.04. The topological polar surface area (TPSA) is 49.3 Å². The second kappa shape index (κ2) is 5.89. The molecule has 0 saturated carbocycles. The van der Waals surface area contributed by atoms with Gasteiger partial charge in [-0.3, -0.25) is 4.79 Å². The molecular weight excluding hydrogens is 306 g/mol. The number of rotatable bonds is 3. The van der Waals surface area contributed by atoms with Gasteiger partial charge in [-0.15, -0.1) is 0 Å². The van der Waals surface area contributed by atoms with Gasteiger partial charge in [0.25, 0.3) is 0 Å². The van der Waals surface area contributed by atoms with Crippen molar-refractivity contribution in [3.63, 3.8) is 0 Å². The Morgan fingerprint density at radius 1 is 1.26 bits per heavy atom. The van der Waals surface area contributed by atoms with Gasteiger partial charge in [-0.25, -0.2) is 0 Å². The summed E-state index contributed by atoms with van der Waals surface area (Å²) in [5.41, 5.74) is 2.37. The summed E-state index contributed by atoms with van der Waals surface area (Å²) >= 11 is 3.38. The summed E-state index contributed by atoms with van der Waals surface area (Å²) < 4.78 is 0.957. The van der Waals surface area contributed by atoms with Crippen molar-refractivity contribution in [3.8, 4) is 5.75 Å². The van der Waals surface area contributed by atoms with E-state index in [0.29, 0.717) is 12.1 Å². The highest BCUT2D eigenvalue weighted by atomic mass is 79.9. The zero-order valence-electron chi connectivity index (χ0n) is 10.5. The molecule has 98 valence electrons. The molecule has 0 unspecified atom stereocenters. The number of aryl methyl sites for hydroxylation is 1. The molecule has 0 heterocycles. The smallest absolute Gasteiger partial charge is 0.228 e. The van der Waals surface area contributed by atoms with Gasteiger partial charge in [0.05, 0.1) is 6.42 Å². The van der Waals surface area contributed by atoms with Crippen LogP contribution in [-0.2, 0) is 11.2 Å². The third kappa shape index (κ3) is 3.83. The molecule has 0 aliphatic rings. The van der Waals surface area contributed by atoms with Gasteiger partial charge in [0, 0.05) is 10.2 Å². The van der Waals surface area contributed by atoms with Crippen molar-refractivity contribution in [1.82, 2.24) is 0 Å². The number of carbonyl (C=O) groups is 1. The quantitative estimate of drug-likeness (QED) is 0.848. The molecule has 0 atom stereocenters. The van der Waals surface area contributed by atoms with Crippen molar-refractivity contribution in [2.45, 2.75) is 13.3 Å². The minimum atomic E-state index is -0.0804. The Morgan fingerprint density at radius 2 is 2.05 bits per heavy atom. The lowest BCUT2D eigenvalue weighted by molar-refractivity contribution is -0.115. The van der Waals surface area contributed by atoms with Gasteiger partial charge < -0.3 is 10.4 Å². The molecule has 19 heavy (non-hydrogen) atoms. The van der Waals surface area contributed by atoms with Crippen molar-refractivity contribution in [2.75, 3.05) is 5.32 Å².